The minimum absolute atomic E-state index is 0.0261. The molecule has 0 fully saturated rings. The number of rotatable bonds is 12. The second kappa shape index (κ2) is 13.1. The zero-order valence-electron chi connectivity index (χ0n) is 21.4. The SMILES string of the molecule is CC[C@H](C(=O)NC(C)C)N(Cc1ccc(F)cc1)C(=O)CCCN(c1cc(Cl)ccc1C)S(C)(=O)=O. The van der Waals surface area contributed by atoms with Crippen molar-refractivity contribution < 1.29 is 22.4 Å². The fourth-order valence-corrected chi connectivity index (χ4v) is 5.10. The molecule has 0 saturated heterocycles. The number of hydrogen-bond donors (Lipinski definition) is 1. The molecule has 0 radical (unpaired) electrons. The Bertz CT molecular complexity index is 1160. The van der Waals surface area contributed by atoms with Crippen molar-refractivity contribution in [3.05, 3.63) is 64.4 Å². The molecular weight excluding hydrogens is 505 g/mol. The van der Waals surface area contributed by atoms with Crippen LogP contribution in [-0.2, 0) is 26.2 Å². The number of hydrogen-bond acceptors (Lipinski definition) is 4. The molecule has 0 aliphatic heterocycles. The predicted octanol–water partition coefficient (Wildman–Crippen LogP) is 4.67. The van der Waals surface area contributed by atoms with Crippen molar-refractivity contribution >= 4 is 39.1 Å². The van der Waals surface area contributed by atoms with Crippen LogP contribution in [0.5, 0.6) is 0 Å². The molecule has 2 aromatic carbocycles. The highest BCUT2D eigenvalue weighted by molar-refractivity contribution is 7.92. The number of aryl methyl sites for hydroxylation is 1. The number of anilines is 1. The third-order valence-corrected chi connectivity index (χ3v) is 7.09. The number of amides is 2. The van der Waals surface area contributed by atoms with Crippen LogP contribution in [0.25, 0.3) is 0 Å². The molecule has 10 heteroatoms. The predicted molar refractivity (Wildman–Crippen MR) is 142 cm³/mol. The van der Waals surface area contributed by atoms with Gasteiger partial charge in [-0.1, -0.05) is 36.7 Å². The number of nitrogens with zero attached hydrogens (tertiary/aromatic N) is 2. The van der Waals surface area contributed by atoms with Gasteiger partial charge in [-0.15, -0.1) is 0 Å². The van der Waals surface area contributed by atoms with Crippen molar-refractivity contribution in [3.8, 4) is 0 Å². The Morgan fingerprint density at radius 1 is 1.11 bits per heavy atom. The van der Waals surface area contributed by atoms with Gasteiger partial charge in [-0.3, -0.25) is 13.9 Å². The van der Waals surface area contributed by atoms with Crippen LogP contribution in [0.3, 0.4) is 0 Å². The number of sulfonamides is 1. The average molecular weight is 540 g/mol. The van der Waals surface area contributed by atoms with Gasteiger partial charge in [0.15, 0.2) is 0 Å². The largest absolute Gasteiger partial charge is 0.352 e. The highest BCUT2D eigenvalue weighted by Crippen LogP contribution is 2.27. The Labute approximate surface area is 218 Å². The zero-order chi connectivity index (χ0) is 27.0. The van der Waals surface area contributed by atoms with Gasteiger partial charge in [-0.2, -0.15) is 0 Å². The van der Waals surface area contributed by atoms with E-state index in [1.807, 2.05) is 20.8 Å². The van der Waals surface area contributed by atoms with Crippen LogP contribution in [0.2, 0.25) is 5.02 Å². The Morgan fingerprint density at radius 2 is 1.75 bits per heavy atom. The Hall–Kier alpha value is -2.65. The monoisotopic (exact) mass is 539 g/mol. The average Bonchev–Trinajstić information content (AvgIpc) is 2.78. The molecule has 0 unspecified atom stereocenters. The summed E-state index contributed by atoms with van der Waals surface area (Å²) >= 11 is 6.10. The summed E-state index contributed by atoms with van der Waals surface area (Å²) in [5, 5.41) is 3.27. The first kappa shape index (κ1) is 29.6. The minimum atomic E-state index is -3.63. The summed E-state index contributed by atoms with van der Waals surface area (Å²) in [7, 11) is -3.63. The molecule has 2 aromatic rings. The highest BCUT2D eigenvalue weighted by Gasteiger charge is 2.29. The first-order valence-corrected chi connectivity index (χ1v) is 14.1. The summed E-state index contributed by atoms with van der Waals surface area (Å²) in [6.45, 7) is 7.50. The van der Waals surface area contributed by atoms with Gasteiger partial charge in [0.25, 0.3) is 0 Å². The van der Waals surface area contributed by atoms with Crippen molar-refractivity contribution in [2.75, 3.05) is 17.1 Å². The summed E-state index contributed by atoms with van der Waals surface area (Å²) in [5.41, 5.74) is 1.89. The van der Waals surface area contributed by atoms with Gasteiger partial charge in [0.2, 0.25) is 21.8 Å². The second-order valence-electron chi connectivity index (χ2n) is 9.10. The van der Waals surface area contributed by atoms with E-state index in [4.69, 9.17) is 11.6 Å². The maximum absolute atomic E-state index is 13.4. The molecule has 198 valence electrons. The molecule has 36 heavy (non-hydrogen) atoms. The summed E-state index contributed by atoms with van der Waals surface area (Å²) in [6.07, 6.45) is 1.76. The molecule has 0 aromatic heterocycles. The lowest BCUT2D eigenvalue weighted by Crippen LogP contribution is -2.50. The quantitative estimate of drug-likeness (QED) is 0.425. The van der Waals surface area contributed by atoms with Gasteiger partial charge >= 0.3 is 0 Å². The lowest BCUT2D eigenvalue weighted by Gasteiger charge is -2.31. The van der Waals surface area contributed by atoms with E-state index in [0.717, 1.165) is 11.8 Å². The van der Waals surface area contributed by atoms with E-state index in [0.29, 0.717) is 22.7 Å². The summed E-state index contributed by atoms with van der Waals surface area (Å²) in [4.78, 5) is 27.7. The third kappa shape index (κ3) is 8.48. The molecule has 0 spiro atoms. The van der Waals surface area contributed by atoms with Crippen molar-refractivity contribution in [1.82, 2.24) is 10.2 Å². The zero-order valence-corrected chi connectivity index (χ0v) is 23.0. The van der Waals surface area contributed by atoms with Crippen LogP contribution in [0.4, 0.5) is 10.1 Å². The normalized spacial score (nSPS) is 12.3. The fourth-order valence-electron chi connectivity index (χ4n) is 3.92. The fraction of sp³-hybridized carbons (Fsp3) is 0.462. The molecule has 2 amide bonds. The first-order chi connectivity index (χ1) is 16.8. The molecule has 0 aliphatic carbocycles. The van der Waals surface area contributed by atoms with E-state index in [2.05, 4.69) is 5.32 Å². The van der Waals surface area contributed by atoms with Crippen LogP contribution in [0, 0.1) is 12.7 Å². The number of halogens is 2. The van der Waals surface area contributed by atoms with Gasteiger partial charge in [0, 0.05) is 30.6 Å². The third-order valence-electron chi connectivity index (χ3n) is 5.68. The van der Waals surface area contributed by atoms with Crippen molar-refractivity contribution in [1.29, 1.82) is 0 Å². The molecule has 2 rings (SSSR count). The summed E-state index contributed by atoms with van der Waals surface area (Å²) in [5.74, 6) is -0.949. The van der Waals surface area contributed by atoms with Gasteiger partial charge < -0.3 is 10.2 Å². The second-order valence-corrected chi connectivity index (χ2v) is 11.4. The molecule has 0 saturated carbocycles. The Morgan fingerprint density at radius 3 is 2.31 bits per heavy atom. The van der Waals surface area contributed by atoms with E-state index < -0.39 is 21.9 Å². The molecule has 1 N–H and O–H groups in total. The van der Waals surface area contributed by atoms with Crippen molar-refractivity contribution in [2.24, 2.45) is 0 Å². The van der Waals surface area contributed by atoms with Gasteiger partial charge in [0.1, 0.15) is 11.9 Å². The summed E-state index contributed by atoms with van der Waals surface area (Å²) in [6, 6.07) is 9.98. The summed E-state index contributed by atoms with van der Waals surface area (Å²) < 4.78 is 39.7. The van der Waals surface area contributed by atoms with Gasteiger partial charge in [-0.05, 0) is 69.0 Å². The molecule has 1 atom stereocenters. The topological polar surface area (TPSA) is 86.8 Å². The molecule has 0 heterocycles. The number of benzene rings is 2. The Kier molecular flexibility index (Phi) is 10.7. The van der Waals surface area contributed by atoms with Crippen LogP contribution < -0.4 is 9.62 Å². The van der Waals surface area contributed by atoms with E-state index in [9.17, 15) is 22.4 Å². The maximum Gasteiger partial charge on any atom is 0.243 e. The number of carbonyl (C=O) groups excluding carboxylic acids is 2. The van der Waals surface area contributed by atoms with Gasteiger partial charge in [-0.25, -0.2) is 12.8 Å². The van der Waals surface area contributed by atoms with Gasteiger partial charge in [0.05, 0.1) is 11.9 Å². The van der Waals surface area contributed by atoms with Crippen LogP contribution in [-0.4, -0.2) is 50.0 Å². The minimum Gasteiger partial charge on any atom is -0.352 e. The maximum atomic E-state index is 13.4. The number of carbonyl (C=O) groups is 2. The smallest absolute Gasteiger partial charge is 0.243 e. The highest BCUT2D eigenvalue weighted by atomic mass is 35.5. The standard InChI is InChI=1S/C26H35ClFN3O4S/c1-6-23(26(33)29-18(2)3)30(17-20-10-13-22(28)14-11-20)25(32)8-7-15-31(36(5,34)35)24-16-21(27)12-9-19(24)4/h9-14,16,18,23H,6-8,15,17H2,1-5H3,(H,29,33)/t23-/m1/s1. The number of nitrogens with one attached hydrogen (secondary N) is 1. The van der Waals surface area contributed by atoms with E-state index >= 15 is 0 Å². The van der Waals surface area contributed by atoms with Crippen LogP contribution >= 0.6 is 11.6 Å². The lowest BCUT2D eigenvalue weighted by molar-refractivity contribution is -0.141. The lowest BCUT2D eigenvalue weighted by atomic mass is 10.1. The van der Waals surface area contributed by atoms with Crippen LogP contribution in [0.15, 0.2) is 42.5 Å². The van der Waals surface area contributed by atoms with E-state index in [-0.39, 0.29) is 43.8 Å². The van der Waals surface area contributed by atoms with Crippen molar-refractivity contribution in [3.63, 3.8) is 0 Å². The molecule has 7 nitrogen and oxygen atoms in total. The van der Waals surface area contributed by atoms with E-state index in [1.165, 1.54) is 21.3 Å². The van der Waals surface area contributed by atoms with E-state index in [1.54, 1.807) is 37.3 Å². The molecule has 0 bridgehead atoms. The molecular formula is C26H35ClFN3O4S. The first-order valence-electron chi connectivity index (χ1n) is 11.9. The molecule has 0 aliphatic rings. The van der Waals surface area contributed by atoms with Crippen LogP contribution in [0.1, 0.15) is 51.2 Å². The van der Waals surface area contributed by atoms with Crippen molar-refractivity contribution in [2.45, 2.75) is 65.6 Å². The Balaban J connectivity index is 2.24.